The van der Waals surface area contributed by atoms with Gasteiger partial charge in [-0.3, -0.25) is 0 Å². The first kappa shape index (κ1) is 12.8. The second kappa shape index (κ2) is 3.74. The van der Waals surface area contributed by atoms with E-state index in [0.717, 1.165) is 19.3 Å². The predicted octanol–water partition coefficient (Wildman–Crippen LogP) is 1.98. The minimum atomic E-state index is -0.364. The zero-order valence-electron chi connectivity index (χ0n) is 13.1. The molecule has 120 valence electrons. The lowest BCUT2D eigenvalue weighted by Gasteiger charge is -2.50. The molecule has 3 aliphatic carbocycles. The van der Waals surface area contributed by atoms with Crippen molar-refractivity contribution in [3.05, 3.63) is 75.6 Å². The van der Waals surface area contributed by atoms with Gasteiger partial charge in [0.15, 0.2) is 0 Å². The van der Waals surface area contributed by atoms with Gasteiger partial charge in [-0.1, -0.05) is 42.5 Å². The number of allylic oxidation sites excluding steroid dienone is 4. The summed E-state index contributed by atoms with van der Waals surface area (Å²) in [7, 11) is 0. The summed E-state index contributed by atoms with van der Waals surface area (Å²) in [5, 5.41) is 0. The van der Waals surface area contributed by atoms with E-state index >= 15 is 0 Å². The first-order valence-electron chi connectivity index (χ1n) is 8.56. The molecule has 0 N–H and O–H groups in total. The molecule has 2 aromatic rings. The number of aromatic nitrogens is 3. The maximum absolute atomic E-state index is 13.3. The van der Waals surface area contributed by atoms with Crippen LogP contribution < -0.4 is 11.4 Å². The maximum atomic E-state index is 13.3. The van der Waals surface area contributed by atoms with Crippen molar-refractivity contribution in [1.82, 2.24) is 13.9 Å². The van der Waals surface area contributed by atoms with Gasteiger partial charge >= 0.3 is 11.4 Å². The van der Waals surface area contributed by atoms with Crippen LogP contribution in [0.1, 0.15) is 25.3 Å². The largest absolute Gasteiger partial charge is 0.352 e. The molecule has 5 heteroatoms. The topological polar surface area (TPSA) is 48.9 Å². The third-order valence-electron chi connectivity index (χ3n) is 6.71. The second-order valence-corrected chi connectivity index (χ2v) is 7.51. The van der Waals surface area contributed by atoms with Crippen molar-refractivity contribution < 1.29 is 0 Å². The smallest absolute Gasteiger partial charge is 0.245 e. The van der Waals surface area contributed by atoms with Crippen molar-refractivity contribution in [1.29, 1.82) is 0 Å². The summed E-state index contributed by atoms with van der Waals surface area (Å²) < 4.78 is 4.84. The van der Waals surface area contributed by atoms with Crippen LogP contribution in [0.15, 0.2) is 64.2 Å². The molecule has 4 atom stereocenters. The molecule has 5 aliphatic rings. The first-order chi connectivity index (χ1) is 11.7. The molecule has 2 spiro atoms. The standard InChI is InChI=1S/C19H17N3O2/c23-16-20(13-6-2-1-3-7-13)17(24)22-19-10-5-4-9-18(19)12-14(18)15(8-11-19)21(16)22/h1-8,11,14-15H,9-10,12H2/t14-,15+,18-,19+/m1/s1. The Bertz CT molecular complexity index is 1050. The van der Waals surface area contributed by atoms with E-state index in [1.54, 1.807) is 9.36 Å². The first-order valence-corrected chi connectivity index (χ1v) is 8.56. The summed E-state index contributed by atoms with van der Waals surface area (Å²) in [6.45, 7) is 0. The Morgan fingerprint density at radius 1 is 1.00 bits per heavy atom. The number of para-hydroxylation sites is 1. The molecule has 0 radical (unpaired) electrons. The van der Waals surface area contributed by atoms with Crippen molar-refractivity contribution in [3.8, 4) is 5.69 Å². The van der Waals surface area contributed by atoms with Crippen molar-refractivity contribution in [2.45, 2.75) is 30.8 Å². The summed E-state index contributed by atoms with van der Waals surface area (Å²) in [5.41, 5.74) is -0.0000816. The van der Waals surface area contributed by atoms with Crippen LogP contribution in [0.3, 0.4) is 0 Å². The van der Waals surface area contributed by atoms with Crippen molar-refractivity contribution in [2.75, 3.05) is 0 Å². The molecular formula is C19H17N3O2. The molecule has 24 heavy (non-hydrogen) atoms. The van der Waals surface area contributed by atoms with Crippen molar-refractivity contribution in [3.63, 3.8) is 0 Å². The lowest BCUT2D eigenvalue weighted by molar-refractivity contribution is 0.0633. The Hall–Kier alpha value is -2.56. The fraction of sp³-hybridized carbons (Fsp3) is 0.368. The predicted molar refractivity (Wildman–Crippen MR) is 89.4 cm³/mol. The monoisotopic (exact) mass is 319 g/mol. The number of hydrogen-bond acceptors (Lipinski definition) is 2. The Morgan fingerprint density at radius 3 is 2.62 bits per heavy atom. The number of nitrogens with zero attached hydrogens (tertiary/aromatic N) is 3. The molecule has 3 heterocycles. The van der Waals surface area contributed by atoms with Crippen LogP contribution in [0, 0.1) is 11.3 Å². The van der Waals surface area contributed by atoms with Crippen LogP contribution in [0.25, 0.3) is 5.69 Å². The molecule has 0 amide bonds. The van der Waals surface area contributed by atoms with E-state index in [4.69, 9.17) is 0 Å². The van der Waals surface area contributed by atoms with E-state index in [2.05, 4.69) is 24.3 Å². The van der Waals surface area contributed by atoms with E-state index in [9.17, 15) is 9.59 Å². The molecule has 0 saturated heterocycles. The van der Waals surface area contributed by atoms with Gasteiger partial charge in [0.1, 0.15) is 0 Å². The summed E-state index contributed by atoms with van der Waals surface area (Å²) in [4.78, 5) is 26.4. The second-order valence-electron chi connectivity index (χ2n) is 7.51. The third kappa shape index (κ3) is 1.13. The molecule has 2 bridgehead atoms. The highest BCUT2D eigenvalue weighted by Gasteiger charge is 2.74. The van der Waals surface area contributed by atoms with Crippen molar-refractivity contribution in [2.24, 2.45) is 11.3 Å². The third-order valence-corrected chi connectivity index (χ3v) is 6.71. The Labute approximate surface area is 138 Å². The normalized spacial score (nSPS) is 37.0. The van der Waals surface area contributed by atoms with E-state index in [1.165, 1.54) is 4.57 Å². The maximum Gasteiger partial charge on any atom is 0.352 e. The molecule has 7 rings (SSSR count). The molecule has 0 unspecified atom stereocenters. The molecule has 2 aliphatic heterocycles. The Morgan fingerprint density at radius 2 is 1.79 bits per heavy atom. The van der Waals surface area contributed by atoms with E-state index in [1.807, 2.05) is 30.3 Å². The van der Waals surface area contributed by atoms with Gasteiger partial charge in [0.05, 0.1) is 17.3 Å². The van der Waals surface area contributed by atoms with Crippen LogP contribution in [-0.4, -0.2) is 13.9 Å². The van der Waals surface area contributed by atoms with E-state index in [-0.39, 0.29) is 28.4 Å². The van der Waals surface area contributed by atoms with Gasteiger partial charge in [0, 0.05) is 5.41 Å². The van der Waals surface area contributed by atoms with Gasteiger partial charge in [-0.25, -0.2) is 23.5 Å². The highest BCUT2D eigenvalue weighted by molar-refractivity contribution is 5.38. The van der Waals surface area contributed by atoms with Gasteiger partial charge in [-0.05, 0) is 37.3 Å². The Kier molecular flexibility index (Phi) is 2.00. The number of hydrogen-bond donors (Lipinski definition) is 0. The molecule has 1 aromatic carbocycles. The zero-order valence-corrected chi connectivity index (χ0v) is 13.1. The van der Waals surface area contributed by atoms with Gasteiger partial charge in [-0.15, -0.1) is 0 Å². The molecule has 5 nitrogen and oxygen atoms in total. The van der Waals surface area contributed by atoms with Gasteiger partial charge in [0.25, 0.3) is 0 Å². The van der Waals surface area contributed by atoms with Crippen LogP contribution in [0.4, 0.5) is 0 Å². The van der Waals surface area contributed by atoms with Crippen LogP contribution >= 0.6 is 0 Å². The average molecular weight is 319 g/mol. The Balaban J connectivity index is 1.72. The highest BCUT2D eigenvalue weighted by atomic mass is 16.2. The van der Waals surface area contributed by atoms with Gasteiger partial charge < -0.3 is 0 Å². The van der Waals surface area contributed by atoms with E-state index < -0.39 is 0 Å². The van der Waals surface area contributed by atoms with Gasteiger partial charge in [0.2, 0.25) is 0 Å². The number of rotatable bonds is 1. The fourth-order valence-electron chi connectivity index (χ4n) is 5.57. The molecule has 1 aromatic heterocycles. The summed E-state index contributed by atoms with van der Waals surface area (Å²) in [6, 6.07) is 9.26. The number of benzene rings is 1. The average Bonchev–Trinajstić information content (AvgIpc) is 3.31. The molecule has 1 saturated carbocycles. The van der Waals surface area contributed by atoms with Crippen LogP contribution in [0.2, 0.25) is 0 Å². The quantitative estimate of drug-likeness (QED) is 0.755. The summed E-state index contributed by atoms with van der Waals surface area (Å²) in [6.07, 6.45) is 11.7. The summed E-state index contributed by atoms with van der Waals surface area (Å²) in [5.74, 6) is 0.483. The van der Waals surface area contributed by atoms with Crippen molar-refractivity contribution >= 4 is 0 Å². The minimum Gasteiger partial charge on any atom is -0.245 e. The highest BCUT2D eigenvalue weighted by Crippen LogP contribution is 2.74. The molecular weight excluding hydrogens is 302 g/mol. The zero-order chi connectivity index (χ0) is 16.1. The van der Waals surface area contributed by atoms with Gasteiger partial charge in [-0.2, -0.15) is 0 Å². The van der Waals surface area contributed by atoms with Crippen LogP contribution in [-0.2, 0) is 5.54 Å². The minimum absolute atomic E-state index is 0.0172. The lowest BCUT2D eigenvalue weighted by Crippen LogP contribution is -2.57. The lowest BCUT2D eigenvalue weighted by atomic mass is 9.66. The summed E-state index contributed by atoms with van der Waals surface area (Å²) >= 11 is 0. The molecule has 1 fully saturated rings. The van der Waals surface area contributed by atoms with Crippen LogP contribution in [0.5, 0.6) is 0 Å². The SMILES string of the molecule is O=c1n(-c2ccccc2)c(=O)n2n1[C@H]1C=C[C@]23CC=CC[C@]32C[C@H]12. The van der Waals surface area contributed by atoms with E-state index in [0.29, 0.717) is 11.6 Å². The fourth-order valence-corrected chi connectivity index (χ4v) is 5.57.